The van der Waals surface area contributed by atoms with Gasteiger partial charge in [0.1, 0.15) is 6.61 Å². The van der Waals surface area contributed by atoms with Gasteiger partial charge in [-0.1, -0.05) is 0 Å². The zero-order valence-electron chi connectivity index (χ0n) is 18.3. The second-order valence-corrected chi connectivity index (χ2v) is 7.66. The number of benzene rings is 1. The van der Waals surface area contributed by atoms with Crippen LogP contribution in [0.5, 0.6) is 5.75 Å². The van der Waals surface area contributed by atoms with Crippen LogP contribution in [0.3, 0.4) is 0 Å². The quantitative estimate of drug-likeness (QED) is 0.389. The third-order valence-corrected chi connectivity index (χ3v) is 5.48. The lowest BCUT2D eigenvalue weighted by molar-refractivity contribution is 0.0104. The molecule has 2 heterocycles. The predicted molar refractivity (Wildman–Crippen MR) is 125 cm³/mol. The fourth-order valence-electron chi connectivity index (χ4n) is 2.99. The average molecular weight is 510 g/mol. The molecule has 0 aliphatic carbocycles. The van der Waals surface area contributed by atoms with E-state index >= 15 is 0 Å². The molecule has 12 heteroatoms. The minimum atomic E-state index is -1.04. The number of hydrogen-bond donors (Lipinski definition) is 1. The van der Waals surface area contributed by atoms with Crippen LogP contribution < -0.4 is 15.4 Å². The highest BCUT2D eigenvalue weighted by atomic mass is 35.5. The van der Waals surface area contributed by atoms with E-state index in [1.165, 1.54) is 17.4 Å². The normalized spacial score (nSPS) is 13.7. The molecule has 0 saturated carbocycles. The summed E-state index contributed by atoms with van der Waals surface area (Å²) in [5.74, 6) is -2.18. The first kappa shape index (κ1) is 27.6. The van der Waals surface area contributed by atoms with E-state index in [-0.39, 0.29) is 31.4 Å². The van der Waals surface area contributed by atoms with Crippen LogP contribution in [0.15, 0.2) is 17.5 Å². The Kier molecular flexibility index (Phi) is 12.8. The predicted octanol–water partition coefficient (Wildman–Crippen LogP) is 2.73. The molecule has 33 heavy (non-hydrogen) atoms. The van der Waals surface area contributed by atoms with Crippen molar-refractivity contribution in [1.29, 1.82) is 0 Å². The number of halogens is 3. The zero-order valence-corrected chi connectivity index (χ0v) is 19.9. The van der Waals surface area contributed by atoms with Gasteiger partial charge in [0.15, 0.2) is 16.7 Å². The molecule has 1 aromatic carbocycles. The van der Waals surface area contributed by atoms with Crippen molar-refractivity contribution in [2.24, 2.45) is 5.73 Å². The summed E-state index contributed by atoms with van der Waals surface area (Å²) in [5.41, 5.74) is 6.26. The summed E-state index contributed by atoms with van der Waals surface area (Å²) in [5, 5.41) is 2.63. The maximum Gasteiger partial charge on any atom is 0.201 e. The van der Waals surface area contributed by atoms with Crippen LogP contribution >= 0.6 is 23.7 Å². The summed E-state index contributed by atoms with van der Waals surface area (Å²) in [6.45, 7) is 5.71. The van der Waals surface area contributed by atoms with E-state index < -0.39 is 11.6 Å². The zero-order chi connectivity index (χ0) is 22.6. The molecule has 0 atom stereocenters. The summed E-state index contributed by atoms with van der Waals surface area (Å²) in [7, 11) is 0. The van der Waals surface area contributed by atoms with E-state index in [1.54, 1.807) is 0 Å². The van der Waals surface area contributed by atoms with Gasteiger partial charge in [-0.2, -0.15) is 4.39 Å². The fraction of sp³-hybridized carbons (Fsp3) is 0.571. The van der Waals surface area contributed by atoms with Crippen LogP contribution in [-0.4, -0.2) is 84.1 Å². The lowest BCUT2D eigenvalue weighted by atomic mass is 10.1. The maximum atomic E-state index is 14.5. The molecule has 1 aliphatic heterocycles. The first-order valence-corrected chi connectivity index (χ1v) is 11.4. The van der Waals surface area contributed by atoms with Crippen molar-refractivity contribution < 1.29 is 32.5 Å². The Labute approximate surface area is 202 Å². The van der Waals surface area contributed by atoms with Crippen LogP contribution in [0.4, 0.5) is 13.9 Å². The Balaban J connectivity index is 0.00000385. The highest BCUT2D eigenvalue weighted by molar-refractivity contribution is 7.14. The number of nitrogens with zero attached hydrogens (tertiary/aromatic N) is 2. The molecule has 0 bridgehead atoms. The number of anilines is 1. The first-order valence-electron chi connectivity index (χ1n) is 10.5. The van der Waals surface area contributed by atoms with Crippen LogP contribution in [0, 0.1) is 11.6 Å². The Bertz CT molecular complexity index is 827. The molecular weight excluding hydrogens is 480 g/mol. The fourth-order valence-corrected chi connectivity index (χ4v) is 3.87. The number of morpholine rings is 1. The van der Waals surface area contributed by atoms with Gasteiger partial charge in [-0.15, -0.1) is 23.7 Å². The minimum absolute atomic E-state index is 0. The molecule has 0 unspecified atom stereocenters. The molecule has 0 amide bonds. The van der Waals surface area contributed by atoms with Crippen LogP contribution in [0.25, 0.3) is 11.3 Å². The second-order valence-electron chi connectivity index (χ2n) is 6.83. The van der Waals surface area contributed by atoms with Crippen LogP contribution in [-0.2, 0) is 18.9 Å². The molecule has 1 fully saturated rings. The third-order valence-electron chi connectivity index (χ3n) is 4.58. The van der Waals surface area contributed by atoms with Gasteiger partial charge in [-0.25, -0.2) is 9.37 Å². The van der Waals surface area contributed by atoms with E-state index in [2.05, 4.69) is 9.88 Å². The lowest BCUT2D eigenvalue weighted by Gasteiger charge is -2.26. The summed E-state index contributed by atoms with van der Waals surface area (Å²) in [4.78, 5) is 6.70. The maximum absolute atomic E-state index is 14.5. The SMILES string of the molecule is Cl.NCCOCCOCCOCCOc1c(-c2csc(N3CCOCC3)n2)ccc(F)c1F. The van der Waals surface area contributed by atoms with Crippen molar-refractivity contribution in [3.63, 3.8) is 0 Å². The second kappa shape index (κ2) is 15.3. The molecule has 2 aromatic rings. The molecule has 2 N–H and O–H groups in total. The van der Waals surface area contributed by atoms with Gasteiger partial charge in [0.2, 0.25) is 5.82 Å². The average Bonchev–Trinajstić information content (AvgIpc) is 3.31. The Morgan fingerprint density at radius 2 is 1.61 bits per heavy atom. The number of nitrogens with two attached hydrogens (primary N) is 1. The smallest absolute Gasteiger partial charge is 0.201 e. The van der Waals surface area contributed by atoms with Crippen molar-refractivity contribution in [2.45, 2.75) is 0 Å². The highest BCUT2D eigenvalue weighted by Gasteiger charge is 2.20. The van der Waals surface area contributed by atoms with Crippen molar-refractivity contribution in [2.75, 3.05) is 84.0 Å². The van der Waals surface area contributed by atoms with Crippen molar-refractivity contribution >= 4 is 28.9 Å². The van der Waals surface area contributed by atoms with Gasteiger partial charge in [0.25, 0.3) is 0 Å². The first-order chi connectivity index (χ1) is 15.7. The minimum Gasteiger partial charge on any atom is -0.487 e. The highest BCUT2D eigenvalue weighted by Crippen LogP contribution is 2.36. The van der Waals surface area contributed by atoms with Crippen molar-refractivity contribution in [1.82, 2.24) is 4.98 Å². The van der Waals surface area contributed by atoms with E-state index in [0.29, 0.717) is 64.1 Å². The molecule has 1 aliphatic rings. The Hall–Kier alpha value is -1.60. The summed E-state index contributed by atoms with van der Waals surface area (Å²) < 4.78 is 55.2. The molecular formula is C21H30ClF2N3O5S. The van der Waals surface area contributed by atoms with Gasteiger partial charge in [-0.05, 0) is 12.1 Å². The summed E-state index contributed by atoms with van der Waals surface area (Å²) in [6.07, 6.45) is 0. The number of hydrogen-bond acceptors (Lipinski definition) is 9. The molecule has 3 rings (SSSR count). The van der Waals surface area contributed by atoms with Gasteiger partial charge >= 0.3 is 0 Å². The van der Waals surface area contributed by atoms with Gasteiger partial charge in [0, 0.05) is 30.6 Å². The topological polar surface area (TPSA) is 88.3 Å². The summed E-state index contributed by atoms with van der Waals surface area (Å²) >= 11 is 1.45. The Morgan fingerprint density at radius 1 is 0.970 bits per heavy atom. The number of rotatable bonds is 14. The number of ether oxygens (including phenoxy) is 5. The standard InChI is InChI=1S/C21H29F2N3O5S.ClH/c22-17-2-1-16(18-15-32-21(25-18)26-4-7-28-8-5-26)20(19(17)23)31-14-13-30-12-11-29-10-9-27-6-3-24;/h1-2,15H,3-14,24H2;1H. The molecule has 0 spiro atoms. The van der Waals surface area contributed by atoms with E-state index in [1.807, 2.05) is 5.38 Å². The number of thiazole rings is 1. The number of aromatic nitrogens is 1. The van der Waals surface area contributed by atoms with Crippen molar-refractivity contribution in [3.8, 4) is 17.0 Å². The molecule has 1 aromatic heterocycles. The molecule has 186 valence electrons. The van der Waals surface area contributed by atoms with Gasteiger partial charge in [-0.3, -0.25) is 0 Å². The van der Waals surface area contributed by atoms with Gasteiger partial charge < -0.3 is 34.3 Å². The van der Waals surface area contributed by atoms with Crippen LogP contribution in [0.1, 0.15) is 0 Å². The summed E-state index contributed by atoms with van der Waals surface area (Å²) in [6, 6.07) is 2.56. The largest absolute Gasteiger partial charge is 0.487 e. The molecule has 8 nitrogen and oxygen atoms in total. The van der Waals surface area contributed by atoms with Crippen LogP contribution in [0.2, 0.25) is 0 Å². The Morgan fingerprint density at radius 3 is 2.27 bits per heavy atom. The van der Waals surface area contributed by atoms with Gasteiger partial charge in [0.05, 0.1) is 58.5 Å². The van der Waals surface area contributed by atoms with E-state index in [4.69, 9.17) is 29.4 Å². The lowest BCUT2D eigenvalue weighted by Crippen LogP contribution is -2.36. The van der Waals surface area contributed by atoms with Crippen molar-refractivity contribution in [3.05, 3.63) is 29.1 Å². The molecule has 0 radical (unpaired) electrons. The molecule has 1 saturated heterocycles. The third kappa shape index (κ3) is 8.60. The van der Waals surface area contributed by atoms with E-state index in [0.717, 1.165) is 24.3 Å². The van der Waals surface area contributed by atoms with E-state index in [9.17, 15) is 8.78 Å². The monoisotopic (exact) mass is 509 g/mol.